The first-order chi connectivity index (χ1) is 9.65. The molecule has 2 rings (SSSR count). The highest BCUT2D eigenvalue weighted by molar-refractivity contribution is 5.48. The van der Waals surface area contributed by atoms with Crippen molar-refractivity contribution < 1.29 is 14.3 Å². The number of aryl methyl sites for hydroxylation is 2. The molecule has 0 bridgehead atoms. The smallest absolute Gasteiger partial charge is 0.129 e. The molecule has 4 heteroatoms. The van der Waals surface area contributed by atoms with Gasteiger partial charge in [0.25, 0.3) is 0 Å². The van der Waals surface area contributed by atoms with E-state index in [2.05, 4.69) is 31.3 Å². The van der Waals surface area contributed by atoms with Crippen LogP contribution in [0.1, 0.15) is 16.9 Å². The number of furan rings is 1. The molecule has 0 amide bonds. The zero-order chi connectivity index (χ0) is 14.4. The molecule has 4 nitrogen and oxygen atoms in total. The number of nitrogens with one attached hydrogen (secondary N) is 1. The minimum absolute atomic E-state index is 0.276. The quantitative estimate of drug-likeness (QED) is 0.816. The molecule has 1 atom stereocenters. The molecule has 108 valence electrons. The third-order valence-corrected chi connectivity index (χ3v) is 3.18. The Morgan fingerprint density at radius 3 is 2.80 bits per heavy atom. The van der Waals surface area contributed by atoms with Gasteiger partial charge in [-0.25, -0.2) is 0 Å². The molecule has 1 unspecified atom stereocenters. The minimum atomic E-state index is -0.549. The largest absolute Gasteiger partial charge is 0.467 e. The van der Waals surface area contributed by atoms with E-state index in [0.29, 0.717) is 13.2 Å². The lowest BCUT2D eigenvalue weighted by Crippen LogP contribution is -2.24. The predicted octanol–water partition coefficient (Wildman–Crippen LogP) is 2.89. The van der Waals surface area contributed by atoms with E-state index in [-0.39, 0.29) is 6.61 Å². The minimum Gasteiger partial charge on any atom is -0.467 e. The molecule has 0 radical (unpaired) electrons. The summed E-state index contributed by atoms with van der Waals surface area (Å²) in [5.74, 6) is 0.763. The highest BCUT2D eigenvalue weighted by Gasteiger charge is 2.05. The summed E-state index contributed by atoms with van der Waals surface area (Å²) in [4.78, 5) is 0. The van der Waals surface area contributed by atoms with Crippen molar-refractivity contribution in [1.29, 1.82) is 0 Å². The van der Waals surface area contributed by atoms with Gasteiger partial charge in [0.05, 0.1) is 19.0 Å². The van der Waals surface area contributed by atoms with Crippen molar-refractivity contribution >= 4 is 5.69 Å². The van der Waals surface area contributed by atoms with Gasteiger partial charge >= 0.3 is 0 Å². The van der Waals surface area contributed by atoms with E-state index in [1.54, 1.807) is 6.26 Å². The van der Waals surface area contributed by atoms with Crippen LogP contribution in [0.4, 0.5) is 5.69 Å². The van der Waals surface area contributed by atoms with E-state index in [1.807, 2.05) is 18.2 Å². The van der Waals surface area contributed by atoms with Crippen molar-refractivity contribution in [2.45, 2.75) is 26.6 Å². The van der Waals surface area contributed by atoms with Crippen LogP contribution in [0.15, 0.2) is 41.0 Å². The Hall–Kier alpha value is -1.78. The van der Waals surface area contributed by atoms with Gasteiger partial charge in [-0.2, -0.15) is 0 Å². The van der Waals surface area contributed by atoms with Crippen molar-refractivity contribution in [3.05, 3.63) is 53.5 Å². The number of benzene rings is 1. The molecule has 0 aliphatic rings. The van der Waals surface area contributed by atoms with Gasteiger partial charge in [0.1, 0.15) is 12.4 Å². The van der Waals surface area contributed by atoms with Gasteiger partial charge in [-0.15, -0.1) is 0 Å². The van der Waals surface area contributed by atoms with Crippen LogP contribution in [0.2, 0.25) is 0 Å². The molecule has 0 aliphatic carbocycles. The standard InChI is InChI=1S/C16H21NO3/c1-12-5-6-14(8-13(12)2)17-9-15(18)10-19-11-16-4-3-7-20-16/h3-8,15,17-18H,9-11H2,1-2H3. The molecule has 1 heterocycles. The molecule has 1 aromatic heterocycles. The summed E-state index contributed by atoms with van der Waals surface area (Å²) in [6.07, 6.45) is 1.06. The summed E-state index contributed by atoms with van der Waals surface area (Å²) in [5, 5.41) is 13.0. The van der Waals surface area contributed by atoms with E-state index in [9.17, 15) is 5.11 Å². The fourth-order valence-electron chi connectivity index (χ4n) is 1.84. The first-order valence-electron chi connectivity index (χ1n) is 6.74. The summed E-state index contributed by atoms with van der Waals surface area (Å²) in [6.45, 7) is 5.27. The molecule has 2 N–H and O–H groups in total. The molecule has 0 saturated heterocycles. The van der Waals surface area contributed by atoms with E-state index in [1.165, 1.54) is 11.1 Å². The lowest BCUT2D eigenvalue weighted by molar-refractivity contribution is 0.0282. The number of aliphatic hydroxyl groups is 1. The molecule has 2 aromatic rings. The number of anilines is 1. The van der Waals surface area contributed by atoms with E-state index in [4.69, 9.17) is 9.15 Å². The Bertz CT molecular complexity index is 523. The number of rotatable bonds is 7. The maximum absolute atomic E-state index is 9.84. The predicted molar refractivity (Wildman–Crippen MR) is 78.8 cm³/mol. The second kappa shape index (κ2) is 7.12. The Morgan fingerprint density at radius 1 is 1.25 bits per heavy atom. The van der Waals surface area contributed by atoms with Crippen LogP contribution in [0.3, 0.4) is 0 Å². The van der Waals surface area contributed by atoms with Crippen molar-refractivity contribution in [3.8, 4) is 0 Å². The van der Waals surface area contributed by atoms with Crippen LogP contribution in [0.5, 0.6) is 0 Å². The number of aliphatic hydroxyl groups excluding tert-OH is 1. The summed E-state index contributed by atoms with van der Waals surface area (Å²) in [5.41, 5.74) is 3.51. The summed E-state index contributed by atoms with van der Waals surface area (Å²) in [7, 11) is 0. The molecule has 0 spiro atoms. The van der Waals surface area contributed by atoms with Gasteiger partial charge in [0.15, 0.2) is 0 Å². The van der Waals surface area contributed by atoms with Crippen molar-refractivity contribution in [2.24, 2.45) is 0 Å². The van der Waals surface area contributed by atoms with Gasteiger partial charge in [0, 0.05) is 12.2 Å². The average molecular weight is 275 g/mol. The number of hydrogen-bond acceptors (Lipinski definition) is 4. The molecule has 0 saturated carbocycles. The molecule has 1 aromatic carbocycles. The Labute approximate surface area is 119 Å². The van der Waals surface area contributed by atoms with Crippen LogP contribution < -0.4 is 5.32 Å². The van der Waals surface area contributed by atoms with Gasteiger partial charge in [-0.1, -0.05) is 6.07 Å². The second-order valence-corrected chi connectivity index (χ2v) is 4.93. The fourth-order valence-corrected chi connectivity index (χ4v) is 1.84. The monoisotopic (exact) mass is 275 g/mol. The number of ether oxygens (including phenoxy) is 1. The van der Waals surface area contributed by atoms with Crippen LogP contribution in [-0.2, 0) is 11.3 Å². The molecular weight excluding hydrogens is 254 g/mol. The lowest BCUT2D eigenvalue weighted by atomic mass is 10.1. The molecule has 0 fully saturated rings. The summed E-state index contributed by atoms with van der Waals surface area (Å²) in [6, 6.07) is 9.82. The van der Waals surface area contributed by atoms with Crippen LogP contribution in [0.25, 0.3) is 0 Å². The second-order valence-electron chi connectivity index (χ2n) is 4.93. The molecular formula is C16H21NO3. The van der Waals surface area contributed by atoms with Crippen LogP contribution in [-0.4, -0.2) is 24.4 Å². The summed E-state index contributed by atoms with van der Waals surface area (Å²) >= 11 is 0. The van der Waals surface area contributed by atoms with Gasteiger partial charge < -0.3 is 19.6 Å². The van der Waals surface area contributed by atoms with E-state index < -0.39 is 6.10 Å². The first kappa shape index (κ1) is 14.6. The summed E-state index contributed by atoms with van der Waals surface area (Å²) < 4.78 is 10.5. The van der Waals surface area contributed by atoms with Crippen molar-refractivity contribution in [2.75, 3.05) is 18.5 Å². The topological polar surface area (TPSA) is 54.6 Å². The van der Waals surface area contributed by atoms with Gasteiger partial charge in [0.2, 0.25) is 0 Å². The van der Waals surface area contributed by atoms with E-state index in [0.717, 1.165) is 11.4 Å². The Kier molecular flexibility index (Phi) is 5.21. The lowest BCUT2D eigenvalue weighted by Gasteiger charge is -2.13. The Balaban J connectivity index is 1.69. The zero-order valence-corrected chi connectivity index (χ0v) is 11.9. The average Bonchev–Trinajstić information content (AvgIpc) is 2.93. The molecule has 20 heavy (non-hydrogen) atoms. The van der Waals surface area contributed by atoms with Gasteiger partial charge in [-0.05, 0) is 49.2 Å². The van der Waals surface area contributed by atoms with E-state index >= 15 is 0 Å². The highest BCUT2D eigenvalue weighted by Crippen LogP contribution is 2.14. The Morgan fingerprint density at radius 2 is 2.10 bits per heavy atom. The maximum Gasteiger partial charge on any atom is 0.129 e. The number of hydrogen-bond donors (Lipinski definition) is 2. The normalized spacial score (nSPS) is 12.3. The third-order valence-electron chi connectivity index (χ3n) is 3.18. The maximum atomic E-state index is 9.84. The molecule has 0 aliphatic heterocycles. The highest BCUT2D eigenvalue weighted by atomic mass is 16.5. The van der Waals surface area contributed by atoms with Crippen LogP contribution >= 0.6 is 0 Å². The zero-order valence-electron chi connectivity index (χ0n) is 11.9. The first-order valence-corrected chi connectivity index (χ1v) is 6.74. The van der Waals surface area contributed by atoms with Crippen molar-refractivity contribution in [3.63, 3.8) is 0 Å². The third kappa shape index (κ3) is 4.40. The van der Waals surface area contributed by atoms with Crippen molar-refractivity contribution in [1.82, 2.24) is 0 Å². The van der Waals surface area contributed by atoms with Crippen LogP contribution in [0, 0.1) is 13.8 Å². The SMILES string of the molecule is Cc1ccc(NCC(O)COCc2ccco2)cc1C. The fraction of sp³-hybridized carbons (Fsp3) is 0.375. The van der Waals surface area contributed by atoms with Gasteiger partial charge in [-0.3, -0.25) is 0 Å².